The number of hydrogen-bond donors (Lipinski definition) is 0. The third-order valence-corrected chi connectivity index (χ3v) is 4.23. The van der Waals surface area contributed by atoms with Gasteiger partial charge in [-0.1, -0.05) is 52.6 Å². The number of methoxy groups -OCH3 is 1. The molecule has 0 bridgehead atoms. The summed E-state index contributed by atoms with van der Waals surface area (Å²) in [5.74, 6) is -1.23. The van der Waals surface area contributed by atoms with Crippen molar-refractivity contribution in [2.24, 2.45) is 5.16 Å². The third kappa shape index (κ3) is 6.43. The van der Waals surface area contributed by atoms with Crippen molar-refractivity contribution in [1.29, 1.82) is 0 Å². The second-order valence-electron chi connectivity index (χ2n) is 5.63. The second kappa shape index (κ2) is 10.4. The standard InChI is InChI=1S/C19H16Cl2F3NO5/c1-27-18(26)16(25-28-2)13-6-4-3-5-11(13)7-8-29-12-9-14(20)17(15(21)10-12)30-19(22,23)24/h3-6,9-10H,7-8H2,1-2H3/b25-16+. The molecule has 0 aliphatic carbocycles. The highest BCUT2D eigenvalue weighted by Gasteiger charge is 2.33. The van der Waals surface area contributed by atoms with Crippen molar-refractivity contribution in [3.05, 3.63) is 57.6 Å². The lowest BCUT2D eigenvalue weighted by atomic mass is 10.0. The molecule has 0 saturated heterocycles. The molecular formula is C19H16Cl2F3NO5. The molecule has 0 aliphatic rings. The van der Waals surface area contributed by atoms with E-state index >= 15 is 0 Å². The lowest BCUT2D eigenvalue weighted by Gasteiger charge is -2.14. The molecule has 0 aromatic heterocycles. The van der Waals surface area contributed by atoms with Crippen LogP contribution in [0.15, 0.2) is 41.6 Å². The Kier molecular flexibility index (Phi) is 8.19. The highest BCUT2D eigenvalue weighted by atomic mass is 35.5. The molecule has 162 valence electrons. The fourth-order valence-corrected chi connectivity index (χ4v) is 3.01. The van der Waals surface area contributed by atoms with Crippen LogP contribution < -0.4 is 9.47 Å². The van der Waals surface area contributed by atoms with Gasteiger partial charge in [0.05, 0.1) is 23.8 Å². The molecule has 0 fully saturated rings. The van der Waals surface area contributed by atoms with E-state index in [9.17, 15) is 18.0 Å². The van der Waals surface area contributed by atoms with Crippen LogP contribution >= 0.6 is 23.2 Å². The molecule has 0 atom stereocenters. The Balaban J connectivity index is 2.15. The molecule has 0 saturated carbocycles. The molecule has 2 rings (SSSR count). The number of carbonyl (C=O) groups is 1. The van der Waals surface area contributed by atoms with E-state index in [0.717, 1.165) is 12.1 Å². The smallest absolute Gasteiger partial charge is 0.493 e. The largest absolute Gasteiger partial charge is 0.573 e. The molecular weight excluding hydrogens is 450 g/mol. The lowest BCUT2D eigenvalue weighted by Crippen LogP contribution is -2.20. The van der Waals surface area contributed by atoms with Gasteiger partial charge in [0, 0.05) is 24.1 Å². The van der Waals surface area contributed by atoms with Gasteiger partial charge in [-0.2, -0.15) is 0 Å². The fourth-order valence-electron chi connectivity index (χ4n) is 2.47. The van der Waals surface area contributed by atoms with Gasteiger partial charge in [0.15, 0.2) is 11.5 Å². The summed E-state index contributed by atoms with van der Waals surface area (Å²) < 4.78 is 51.3. The number of oxime groups is 1. The number of carbonyl (C=O) groups excluding carboxylic acids is 1. The maximum Gasteiger partial charge on any atom is 0.573 e. The van der Waals surface area contributed by atoms with Gasteiger partial charge in [-0.25, -0.2) is 4.79 Å². The Bertz CT molecular complexity index is 912. The van der Waals surface area contributed by atoms with Crippen molar-refractivity contribution in [3.63, 3.8) is 0 Å². The van der Waals surface area contributed by atoms with Gasteiger partial charge < -0.3 is 19.0 Å². The minimum Gasteiger partial charge on any atom is -0.493 e. The van der Waals surface area contributed by atoms with Gasteiger partial charge in [-0.3, -0.25) is 0 Å². The van der Waals surface area contributed by atoms with Crippen molar-refractivity contribution >= 4 is 34.9 Å². The van der Waals surface area contributed by atoms with Gasteiger partial charge in [0.1, 0.15) is 12.9 Å². The number of esters is 1. The van der Waals surface area contributed by atoms with Crippen molar-refractivity contribution in [2.75, 3.05) is 20.8 Å². The van der Waals surface area contributed by atoms with Crippen LogP contribution in [0.2, 0.25) is 10.0 Å². The predicted molar refractivity (Wildman–Crippen MR) is 104 cm³/mol. The first-order valence-electron chi connectivity index (χ1n) is 8.31. The normalized spacial score (nSPS) is 11.8. The summed E-state index contributed by atoms with van der Waals surface area (Å²) in [7, 11) is 2.52. The van der Waals surface area contributed by atoms with Gasteiger partial charge in [-0.05, 0) is 5.56 Å². The van der Waals surface area contributed by atoms with E-state index in [1.54, 1.807) is 24.3 Å². The minimum absolute atomic E-state index is 0.0182. The van der Waals surface area contributed by atoms with Crippen molar-refractivity contribution in [1.82, 2.24) is 0 Å². The molecule has 6 nitrogen and oxygen atoms in total. The topological polar surface area (TPSA) is 66.4 Å². The van der Waals surface area contributed by atoms with Crippen molar-refractivity contribution in [3.8, 4) is 11.5 Å². The summed E-state index contributed by atoms with van der Waals surface area (Å²) in [4.78, 5) is 16.7. The van der Waals surface area contributed by atoms with Crippen LogP contribution in [0.1, 0.15) is 11.1 Å². The molecule has 2 aromatic carbocycles. The molecule has 0 N–H and O–H groups in total. The fraction of sp³-hybridized carbons (Fsp3) is 0.263. The van der Waals surface area contributed by atoms with E-state index in [1.165, 1.54) is 14.2 Å². The summed E-state index contributed by atoms with van der Waals surface area (Å²) in [5.41, 5.74) is 1.17. The Morgan fingerprint density at radius 2 is 1.73 bits per heavy atom. The van der Waals surface area contributed by atoms with Gasteiger partial charge >= 0.3 is 12.3 Å². The van der Waals surface area contributed by atoms with Crippen LogP contribution in [-0.2, 0) is 20.8 Å². The maximum atomic E-state index is 12.4. The average molecular weight is 466 g/mol. The number of benzene rings is 2. The summed E-state index contributed by atoms with van der Waals surface area (Å²) >= 11 is 11.6. The van der Waals surface area contributed by atoms with E-state index in [-0.39, 0.29) is 28.1 Å². The van der Waals surface area contributed by atoms with Crippen LogP contribution in [0, 0.1) is 0 Å². The summed E-state index contributed by atoms with van der Waals surface area (Å²) in [6.07, 6.45) is -4.60. The Labute approximate surface area is 180 Å². The van der Waals surface area contributed by atoms with Crippen LogP contribution in [0.3, 0.4) is 0 Å². The monoisotopic (exact) mass is 465 g/mol. The summed E-state index contributed by atoms with van der Waals surface area (Å²) in [6.45, 7) is 0.102. The van der Waals surface area contributed by atoms with E-state index in [2.05, 4.69) is 9.89 Å². The van der Waals surface area contributed by atoms with Crippen molar-refractivity contribution in [2.45, 2.75) is 12.8 Å². The van der Waals surface area contributed by atoms with Crippen LogP contribution in [0.25, 0.3) is 0 Å². The first-order chi connectivity index (χ1) is 14.2. The lowest BCUT2D eigenvalue weighted by molar-refractivity contribution is -0.274. The summed E-state index contributed by atoms with van der Waals surface area (Å²) in [6, 6.07) is 9.22. The average Bonchev–Trinajstić information content (AvgIpc) is 2.68. The quantitative estimate of drug-likeness (QED) is 0.310. The Hall–Kier alpha value is -2.65. The Morgan fingerprint density at radius 1 is 1.10 bits per heavy atom. The van der Waals surface area contributed by atoms with Gasteiger partial charge in [0.2, 0.25) is 0 Å². The molecule has 0 unspecified atom stereocenters. The molecule has 0 amide bonds. The molecule has 30 heavy (non-hydrogen) atoms. The zero-order valence-corrected chi connectivity index (χ0v) is 17.3. The first kappa shape index (κ1) is 23.6. The Morgan fingerprint density at radius 3 is 2.30 bits per heavy atom. The summed E-state index contributed by atoms with van der Waals surface area (Å²) in [5, 5.41) is 3.01. The zero-order chi connectivity index (χ0) is 22.3. The van der Waals surface area contributed by atoms with Crippen LogP contribution in [0.4, 0.5) is 13.2 Å². The predicted octanol–water partition coefficient (Wildman–Crippen LogP) is 5.04. The number of nitrogens with zero attached hydrogens (tertiary/aromatic N) is 1. The highest BCUT2D eigenvalue weighted by molar-refractivity contribution is 6.43. The van der Waals surface area contributed by atoms with Crippen molar-refractivity contribution < 1.29 is 37.0 Å². The van der Waals surface area contributed by atoms with E-state index in [1.807, 2.05) is 0 Å². The van der Waals surface area contributed by atoms with Crippen LogP contribution in [-0.4, -0.2) is 38.9 Å². The molecule has 2 aromatic rings. The number of halogens is 5. The van der Waals surface area contributed by atoms with E-state index in [4.69, 9.17) is 37.5 Å². The number of rotatable bonds is 8. The highest BCUT2D eigenvalue weighted by Crippen LogP contribution is 2.39. The van der Waals surface area contributed by atoms with Crippen LogP contribution in [0.5, 0.6) is 11.5 Å². The van der Waals surface area contributed by atoms with Gasteiger partial charge in [0.25, 0.3) is 0 Å². The third-order valence-electron chi connectivity index (χ3n) is 3.66. The second-order valence-corrected chi connectivity index (χ2v) is 6.45. The number of alkyl halides is 3. The van der Waals surface area contributed by atoms with E-state index < -0.39 is 18.1 Å². The van der Waals surface area contributed by atoms with Gasteiger partial charge in [-0.15, -0.1) is 13.2 Å². The number of hydrogen-bond acceptors (Lipinski definition) is 6. The van der Waals surface area contributed by atoms with E-state index in [0.29, 0.717) is 17.5 Å². The molecule has 0 aliphatic heterocycles. The molecule has 0 radical (unpaired) electrons. The first-order valence-corrected chi connectivity index (χ1v) is 9.07. The maximum absolute atomic E-state index is 12.4. The minimum atomic E-state index is -4.93. The molecule has 0 heterocycles. The zero-order valence-electron chi connectivity index (χ0n) is 15.8. The number of ether oxygens (including phenoxy) is 3. The molecule has 11 heteroatoms. The molecule has 0 spiro atoms. The SMILES string of the molecule is CO/N=C(/C(=O)OC)c1ccccc1CCOc1cc(Cl)c(OC(F)(F)F)c(Cl)c1.